The van der Waals surface area contributed by atoms with E-state index in [1.54, 1.807) is 12.1 Å². The molecule has 2 aromatic rings. The monoisotopic (exact) mass is 732 g/mol. The summed E-state index contributed by atoms with van der Waals surface area (Å²) in [5.74, 6) is -1.69. The van der Waals surface area contributed by atoms with E-state index in [9.17, 15) is 50.8 Å². The normalized spacial score (nSPS) is 33.1. The van der Waals surface area contributed by atoms with E-state index in [1.165, 1.54) is 19.1 Å². The van der Waals surface area contributed by atoms with E-state index in [-0.39, 0.29) is 34.8 Å². The number of aromatic hydroxyl groups is 2. The first kappa shape index (κ1) is 39.6. The van der Waals surface area contributed by atoms with Crippen molar-refractivity contribution in [2.45, 2.75) is 121 Å². The van der Waals surface area contributed by atoms with Gasteiger partial charge >= 0.3 is 0 Å². The number of allylic oxidation sites excluding steroid dienone is 4. The second-order valence-corrected chi connectivity index (χ2v) is 13.9. The molecule has 3 aliphatic heterocycles. The quantitative estimate of drug-likeness (QED) is 0.154. The summed E-state index contributed by atoms with van der Waals surface area (Å²) >= 11 is 0. The fourth-order valence-electron chi connectivity index (χ4n) is 6.30. The summed E-state index contributed by atoms with van der Waals surface area (Å²) in [6.45, 7) is 8.21. The van der Waals surface area contributed by atoms with Gasteiger partial charge in [0.2, 0.25) is 12.1 Å². The fourth-order valence-corrected chi connectivity index (χ4v) is 6.30. The Morgan fingerprint density at radius 3 is 2.08 bits per heavy atom. The SMILES string of the molecule is CC(C)=CCc1cc([C@H]2Oc3c(CC=C(C)C)c(O[C@@H]4O[C@H](CO)[C@@H](O)[C@H](O)[C@H]4O)cc(O)c3C(=O)[C@@H]2O[C@H]2O[C@H](C)[C@@H](O)[C@H](O)[C@@H]2O)ccc1O. The van der Waals surface area contributed by atoms with Gasteiger partial charge in [0.25, 0.3) is 0 Å². The number of phenols is 2. The molecule has 2 saturated heterocycles. The first-order valence-electron chi connectivity index (χ1n) is 17.0. The predicted molar refractivity (Wildman–Crippen MR) is 182 cm³/mol. The van der Waals surface area contributed by atoms with Crippen LogP contribution in [-0.4, -0.2) is 126 Å². The molecule has 2 fully saturated rings. The molecule has 2 aromatic carbocycles. The Bertz CT molecular complexity index is 1660. The average molecular weight is 733 g/mol. The van der Waals surface area contributed by atoms with E-state index in [1.807, 2.05) is 33.8 Å². The number of ketones is 1. The molecular weight excluding hydrogens is 684 g/mol. The number of carbonyl (C=O) groups excluding carboxylic acids is 1. The Morgan fingerprint density at radius 1 is 0.788 bits per heavy atom. The number of phenolic OH excluding ortho intramolecular Hbond substituents is 2. The third-order valence-corrected chi connectivity index (χ3v) is 9.40. The zero-order valence-electron chi connectivity index (χ0n) is 29.5. The molecule has 3 aliphatic rings. The number of carbonyl (C=O) groups is 1. The molecule has 15 nitrogen and oxygen atoms in total. The van der Waals surface area contributed by atoms with Crippen LogP contribution in [0.2, 0.25) is 0 Å². The summed E-state index contributed by atoms with van der Waals surface area (Å²) in [7, 11) is 0. The van der Waals surface area contributed by atoms with Crippen molar-refractivity contribution in [3.8, 4) is 23.0 Å². The highest BCUT2D eigenvalue weighted by Gasteiger charge is 2.50. The van der Waals surface area contributed by atoms with Crippen LogP contribution >= 0.6 is 0 Å². The lowest BCUT2D eigenvalue weighted by atomic mass is 9.89. The Labute approximate surface area is 300 Å². The van der Waals surface area contributed by atoms with Crippen LogP contribution in [0, 0.1) is 0 Å². The van der Waals surface area contributed by atoms with Crippen LogP contribution in [0.1, 0.15) is 67.8 Å². The molecule has 0 bridgehead atoms. The van der Waals surface area contributed by atoms with Crippen LogP contribution in [0.3, 0.4) is 0 Å². The van der Waals surface area contributed by atoms with Gasteiger partial charge in [0, 0.05) is 11.6 Å². The van der Waals surface area contributed by atoms with Crippen LogP contribution in [0.5, 0.6) is 23.0 Å². The lowest BCUT2D eigenvalue weighted by Crippen LogP contribution is -2.60. The van der Waals surface area contributed by atoms with Crippen LogP contribution in [0.4, 0.5) is 0 Å². The molecule has 15 heteroatoms. The van der Waals surface area contributed by atoms with Crippen LogP contribution in [0.15, 0.2) is 47.6 Å². The molecule has 286 valence electrons. The molecule has 0 radical (unpaired) electrons. The topological polar surface area (TPSA) is 245 Å². The number of hydrogen-bond donors (Lipinski definition) is 9. The molecule has 0 amide bonds. The summed E-state index contributed by atoms with van der Waals surface area (Å²) in [6, 6.07) is 5.67. The number of hydrogen-bond acceptors (Lipinski definition) is 15. The maximum atomic E-state index is 14.5. The first-order valence-corrected chi connectivity index (χ1v) is 17.0. The standard InChI is InChI=1S/C37H48O15/c1-15(2)6-8-18-12-19(9-11-21(18)39)33-35(52-36-31(46)29(44)26(41)17(5)48-36)28(43)25-22(40)13-23(20(34(25)51-33)10-7-16(3)4)49-37-32(47)30(45)27(42)24(14-38)50-37/h6-7,9,11-13,17,24,26-27,29-33,35-42,44-47H,8,10,14H2,1-5H3/t17-,24-,26-,27-,29+,30+,31+,32-,33-,35+,36-,37-/m1/s1. The second kappa shape index (κ2) is 16.2. The zero-order valence-corrected chi connectivity index (χ0v) is 29.5. The van der Waals surface area contributed by atoms with E-state index >= 15 is 0 Å². The van der Waals surface area contributed by atoms with Gasteiger partial charge in [-0.05, 0) is 70.7 Å². The summed E-state index contributed by atoms with van der Waals surface area (Å²) < 4.78 is 29.8. The van der Waals surface area contributed by atoms with E-state index in [0.29, 0.717) is 17.5 Å². The Kier molecular flexibility index (Phi) is 12.3. The Morgan fingerprint density at radius 2 is 1.42 bits per heavy atom. The maximum absolute atomic E-state index is 14.5. The van der Waals surface area contributed by atoms with Crippen molar-refractivity contribution in [2.75, 3.05) is 6.61 Å². The number of fused-ring (bicyclic) bond motifs is 1. The first-order chi connectivity index (χ1) is 24.5. The van der Waals surface area contributed by atoms with Crippen molar-refractivity contribution in [2.24, 2.45) is 0 Å². The van der Waals surface area contributed by atoms with Gasteiger partial charge in [0.05, 0.1) is 12.7 Å². The highest BCUT2D eigenvalue weighted by Crippen LogP contribution is 2.48. The number of ether oxygens (including phenoxy) is 5. The van der Waals surface area contributed by atoms with Crippen molar-refractivity contribution in [1.82, 2.24) is 0 Å². The van der Waals surface area contributed by atoms with Gasteiger partial charge in [-0.3, -0.25) is 4.79 Å². The molecule has 3 heterocycles. The molecule has 0 unspecified atom stereocenters. The number of Topliss-reactive ketones (excluding diaryl/α,β-unsaturated/α-hetero) is 1. The minimum absolute atomic E-state index is 0.0182. The van der Waals surface area contributed by atoms with Gasteiger partial charge < -0.3 is 69.6 Å². The highest BCUT2D eigenvalue weighted by atomic mass is 16.7. The molecule has 0 aromatic heterocycles. The van der Waals surface area contributed by atoms with Crippen molar-refractivity contribution >= 4 is 5.78 Å². The van der Waals surface area contributed by atoms with Crippen molar-refractivity contribution in [3.63, 3.8) is 0 Å². The van der Waals surface area contributed by atoms with Gasteiger partial charge in [-0.15, -0.1) is 0 Å². The largest absolute Gasteiger partial charge is 0.508 e. The average Bonchev–Trinajstić information content (AvgIpc) is 3.09. The summed E-state index contributed by atoms with van der Waals surface area (Å²) in [6.07, 6.45) is -14.4. The lowest BCUT2D eigenvalue weighted by Gasteiger charge is -2.42. The van der Waals surface area contributed by atoms with E-state index in [2.05, 4.69) is 0 Å². The number of rotatable bonds is 10. The number of aliphatic hydroxyl groups excluding tert-OH is 7. The van der Waals surface area contributed by atoms with Gasteiger partial charge in [-0.2, -0.15) is 0 Å². The molecular formula is C37H48O15. The van der Waals surface area contributed by atoms with E-state index in [4.69, 9.17) is 23.7 Å². The molecule has 0 aliphatic carbocycles. The summed E-state index contributed by atoms with van der Waals surface area (Å²) in [4.78, 5) is 14.5. The fraction of sp³-hybridized carbons (Fsp3) is 0.541. The Balaban J connectivity index is 1.64. The van der Waals surface area contributed by atoms with Crippen LogP contribution in [0.25, 0.3) is 0 Å². The molecule has 52 heavy (non-hydrogen) atoms. The molecule has 0 spiro atoms. The van der Waals surface area contributed by atoms with Crippen LogP contribution < -0.4 is 9.47 Å². The molecule has 0 saturated carbocycles. The van der Waals surface area contributed by atoms with E-state index in [0.717, 1.165) is 17.2 Å². The van der Waals surface area contributed by atoms with Gasteiger partial charge in [0.1, 0.15) is 71.3 Å². The zero-order chi connectivity index (χ0) is 38.2. The predicted octanol–water partition coefficient (Wildman–Crippen LogP) is 0.823. The third kappa shape index (κ3) is 7.99. The third-order valence-electron chi connectivity index (χ3n) is 9.40. The smallest absolute Gasteiger partial charge is 0.229 e. The maximum Gasteiger partial charge on any atom is 0.229 e. The Hall–Kier alpha value is -3.61. The van der Waals surface area contributed by atoms with Gasteiger partial charge in [-0.1, -0.05) is 29.4 Å². The van der Waals surface area contributed by atoms with Crippen LogP contribution in [-0.2, 0) is 27.1 Å². The van der Waals surface area contributed by atoms with Crippen molar-refractivity contribution in [3.05, 3.63) is 69.8 Å². The minimum atomic E-state index is -1.78. The van der Waals surface area contributed by atoms with Gasteiger partial charge in [0.15, 0.2) is 18.5 Å². The highest BCUT2D eigenvalue weighted by molar-refractivity contribution is 6.06. The molecule has 5 rings (SSSR count). The lowest BCUT2D eigenvalue weighted by molar-refractivity contribution is -0.304. The van der Waals surface area contributed by atoms with Gasteiger partial charge in [-0.25, -0.2) is 0 Å². The molecule has 12 atom stereocenters. The molecule has 9 N–H and O–H groups in total. The summed E-state index contributed by atoms with van der Waals surface area (Å²) in [5, 5.41) is 94.6. The number of aliphatic hydroxyl groups is 7. The number of benzene rings is 2. The minimum Gasteiger partial charge on any atom is -0.508 e. The van der Waals surface area contributed by atoms with Crippen molar-refractivity contribution < 1.29 is 74.4 Å². The second-order valence-electron chi connectivity index (χ2n) is 13.9. The van der Waals surface area contributed by atoms with Crippen molar-refractivity contribution in [1.29, 1.82) is 0 Å². The van der Waals surface area contributed by atoms with E-state index < -0.39 is 91.8 Å². The summed E-state index contributed by atoms with van der Waals surface area (Å²) in [5.41, 5.74) is 2.60.